The predicted octanol–water partition coefficient (Wildman–Crippen LogP) is 2.52. The van der Waals surface area contributed by atoms with E-state index in [9.17, 15) is 18.4 Å². The van der Waals surface area contributed by atoms with Crippen LogP contribution >= 0.6 is 22.6 Å². The second kappa shape index (κ2) is 5.15. The second-order valence-electron chi connectivity index (χ2n) is 2.53. The number of carbonyl (C=O) groups excluding carboxylic acids is 2. The van der Waals surface area contributed by atoms with E-state index in [0.29, 0.717) is 16.1 Å². The summed E-state index contributed by atoms with van der Waals surface area (Å²) in [6.07, 6.45) is 0.906. The third-order valence-electron chi connectivity index (χ3n) is 1.58. The summed E-state index contributed by atoms with van der Waals surface area (Å²) in [7, 11) is 0. The third-order valence-corrected chi connectivity index (χ3v) is 2.48. The molecule has 0 radical (unpaired) electrons. The summed E-state index contributed by atoms with van der Waals surface area (Å²) in [5.41, 5.74) is 0.196. The zero-order valence-corrected chi connectivity index (χ0v) is 9.40. The van der Waals surface area contributed by atoms with Gasteiger partial charge in [0, 0.05) is 9.13 Å². The van der Waals surface area contributed by atoms with Crippen molar-refractivity contribution in [3.8, 4) is 5.75 Å². The summed E-state index contributed by atoms with van der Waals surface area (Å²) in [6, 6.07) is 2.51. The molecule has 0 spiro atoms. The Kier molecular flexibility index (Phi) is 4.13. The SMILES string of the molecule is O=Cc1cc(I)c(C=O)c(OC(F)F)c1. The quantitative estimate of drug-likeness (QED) is 0.631. The molecule has 0 amide bonds. The van der Waals surface area contributed by atoms with Crippen molar-refractivity contribution in [2.45, 2.75) is 6.61 Å². The van der Waals surface area contributed by atoms with Gasteiger partial charge in [0.25, 0.3) is 0 Å². The minimum atomic E-state index is -3.03. The van der Waals surface area contributed by atoms with Gasteiger partial charge < -0.3 is 4.74 Å². The zero-order valence-electron chi connectivity index (χ0n) is 7.25. The Labute approximate surface area is 97.6 Å². The lowest BCUT2D eigenvalue weighted by Crippen LogP contribution is -2.06. The molecule has 1 aromatic carbocycles. The maximum absolute atomic E-state index is 12.0. The van der Waals surface area contributed by atoms with Crippen LogP contribution in [0.1, 0.15) is 20.7 Å². The molecule has 3 nitrogen and oxygen atoms in total. The largest absolute Gasteiger partial charge is 0.434 e. The Hall–Kier alpha value is -1.05. The Balaban J connectivity index is 3.25. The van der Waals surface area contributed by atoms with Gasteiger partial charge in [-0.3, -0.25) is 9.59 Å². The van der Waals surface area contributed by atoms with Crippen LogP contribution < -0.4 is 4.74 Å². The molecule has 1 rings (SSSR count). The van der Waals surface area contributed by atoms with Gasteiger partial charge in [-0.15, -0.1) is 0 Å². The zero-order chi connectivity index (χ0) is 11.4. The van der Waals surface area contributed by atoms with Crippen LogP contribution in [0.25, 0.3) is 0 Å². The number of ether oxygens (including phenoxy) is 1. The lowest BCUT2D eigenvalue weighted by Gasteiger charge is -2.08. The van der Waals surface area contributed by atoms with Gasteiger partial charge in [-0.25, -0.2) is 0 Å². The molecule has 0 aliphatic heterocycles. The Bertz CT molecular complexity index is 393. The first-order chi connectivity index (χ1) is 7.08. The molecule has 0 N–H and O–H groups in total. The molecule has 0 unspecified atom stereocenters. The lowest BCUT2D eigenvalue weighted by molar-refractivity contribution is -0.0501. The first-order valence-corrected chi connectivity index (χ1v) is 4.85. The highest BCUT2D eigenvalue weighted by atomic mass is 127. The highest BCUT2D eigenvalue weighted by molar-refractivity contribution is 14.1. The van der Waals surface area contributed by atoms with Crippen molar-refractivity contribution in [1.82, 2.24) is 0 Å². The first kappa shape index (κ1) is 12.0. The number of rotatable bonds is 4. The molecule has 0 saturated carbocycles. The van der Waals surface area contributed by atoms with Crippen LogP contribution in [0.2, 0.25) is 0 Å². The van der Waals surface area contributed by atoms with Crippen LogP contribution in [0.4, 0.5) is 8.78 Å². The number of halogens is 3. The maximum atomic E-state index is 12.0. The first-order valence-electron chi connectivity index (χ1n) is 3.77. The molecule has 0 heterocycles. The monoisotopic (exact) mass is 326 g/mol. The number of hydrogen-bond acceptors (Lipinski definition) is 3. The van der Waals surface area contributed by atoms with Gasteiger partial charge in [-0.05, 0) is 34.7 Å². The van der Waals surface area contributed by atoms with Crippen molar-refractivity contribution in [1.29, 1.82) is 0 Å². The third kappa shape index (κ3) is 2.95. The average molecular weight is 326 g/mol. The van der Waals surface area contributed by atoms with Crippen LogP contribution in [0.5, 0.6) is 5.75 Å². The molecule has 1 aromatic rings. The minimum absolute atomic E-state index is 0.0153. The summed E-state index contributed by atoms with van der Waals surface area (Å²) in [6.45, 7) is -3.03. The van der Waals surface area contributed by atoms with Gasteiger partial charge >= 0.3 is 6.61 Å². The van der Waals surface area contributed by atoms with Gasteiger partial charge in [-0.1, -0.05) is 0 Å². The second-order valence-corrected chi connectivity index (χ2v) is 3.69. The van der Waals surface area contributed by atoms with E-state index in [2.05, 4.69) is 4.74 Å². The minimum Gasteiger partial charge on any atom is -0.434 e. The molecular formula is C9H5F2IO3. The summed E-state index contributed by atoms with van der Waals surface area (Å²) in [4.78, 5) is 21.1. The highest BCUT2D eigenvalue weighted by Gasteiger charge is 2.13. The van der Waals surface area contributed by atoms with Crippen molar-refractivity contribution in [3.05, 3.63) is 26.8 Å². The topological polar surface area (TPSA) is 43.4 Å². The van der Waals surface area contributed by atoms with Crippen LogP contribution in [0, 0.1) is 3.57 Å². The van der Waals surface area contributed by atoms with Crippen molar-refractivity contribution in [2.24, 2.45) is 0 Å². The van der Waals surface area contributed by atoms with Gasteiger partial charge in [0.2, 0.25) is 0 Å². The fraction of sp³-hybridized carbons (Fsp3) is 0.111. The van der Waals surface area contributed by atoms with Gasteiger partial charge in [0.15, 0.2) is 6.29 Å². The normalized spacial score (nSPS) is 10.1. The van der Waals surface area contributed by atoms with E-state index in [4.69, 9.17) is 0 Å². The fourth-order valence-electron chi connectivity index (χ4n) is 0.988. The van der Waals surface area contributed by atoms with Crippen molar-refractivity contribution in [3.63, 3.8) is 0 Å². The Morgan fingerprint density at radius 3 is 2.40 bits per heavy atom. The van der Waals surface area contributed by atoms with Crippen LogP contribution in [-0.2, 0) is 0 Å². The summed E-state index contributed by atoms with van der Waals surface area (Å²) >= 11 is 1.77. The molecule has 0 saturated heterocycles. The van der Waals surface area contributed by atoms with Crippen molar-refractivity contribution in [2.75, 3.05) is 0 Å². The summed E-state index contributed by atoms with van der Waals surface area (Å²) < 4.78 is 28.5. The van der Waals surface area contributed by atoms with E-state index in [1.165, 1.54) is 6.07 Å². The molecule has 0 aliphatic carbocycles. The average Bonchev–Trinajstić information content (AvgIpc) is 2.16. The van der Waals surface area contributed by atoms with Crippen LogP contribution in [0.15, 0.2) is 12.1 Å². The molecule has 0 bridgehead atoms. The highest BCUT2D eigenvalue weighted by Crippen LogP contribution is 2.25. The standard InChI is InChI=1S/C9H5F2IO3/c10-9(11)15-8-2-5(3-13)1-7(12)6(8)4-14/h1-4,9H. The molecule has 0 aromatic heterocycles. The van der Waals surface area contributed by atoms with E-state index in [0.717, 1.165) is 6.07 Å². The van der Waals surface area contributed by atoms with E-state index < -0.39 is 6.61 Å². The smallest absolute Gasteiger partial charge is 0.387 e. The fourth-order valence-corrected chi connectivity index (χ4v) is 1.74. The number of carbonyl (C=O) groups is 2. The van der Waals surface area contributed by atoms with Gasteiger partial charge in [0.05, 0.1) is 5.56 Å². The predicted molar refractivity (Wildman–Crippen MR) is 56.6 cm³/mol. The van der Waals surface area contributed by atoms with E-state index in [-0.39, 0.29) is 16.9 Å². The molecule has 0 fully saturated rings. The Morgan fingerprint density at radius 1 is 1.27 bits per heavy atom. The number of aldehydes is 2. The van der Waals surface area contributed by atoms with E-state index in [1.54, 1.807) is 22.6 Å². The molecule has 15 heavy (non-hydrogen) atoms. The van der Waals surface area contributed by atoms with E-state index >= 15 is 0 Å². The number of hydrogen-bond donors (Lipinski definition) is 0. The molecule has 6 heteroatoms. The summed E-state index contributed by atoms with van der Waals surface area (Å²) in [5.74, 6) is -0.283. The summed E-state index contributed by atoms with van der Waals surface area (Å²) in [5, 5.41) is 0. The number of alkyl halides is 2. The maximum Gasteiger partial charge on any atom is 0.387 e. The Morgan fingerprint density at radius 2 is 1.93 bits per heavy atom. The van der Waals surface area contributed by atoms with Gasteiger partial charge in [-0.2, -0.15) is 8.78 Å². The molecular weight excluding hydrogens is 321 g/mol. The number of benzene rings is 1. The van der Waals surface area contributed by atoms with Crippen molar-refractivity contribution < 1.29 is 23.1 Å². The lowest BCUT2D eigenvalue weighted by atomic mass is 10.1. The molecule has 80 valence electrons. The van der Waals surface area contributed by atoms with Crippen LogP contribution in [0.3, 0.4) is 0 Å². The molecule has 0 atom stereocenters. The van der Waals surface area contributed by atoms with Crippen LogP contribution in [-0.4, -0.2) is 19.2 Å². The van der Waals surface area contributed by atoms with Gasteiger partial charge in [0.1, 0.15) is 12.0 Å². The molecule has 0 aliphatic rings. The van der Waals surface area contributed by atoms with Crippen molar-refractivity contribution >= 4 is 35.2 Å². The van der Waals surface area contributed by atoms with E-state index in [1.807, 2.05) is 0 Å².